The SMILES string of the molecule is NC(=O)c1ccccc1NC(=O)c1n[nH]c2c1CCCC2. The van der Waals surface area contributed by atoms with Gasteiger partial charge in [0.15, 0.2) is 5.69 Å². The van der Waals surface area contributed by atoms with E-state index in [9.17, 15) is 9.59 Å². The van der Waals surface area contributed by atoms with E-state index in [4.69, 9.17) is 5.73 Å². The minimum atomic E-state index is -0.574. The Balaban J connectivity index is 1.87. The maximum atomic E-state index is 12.4. The second-order valence-electron chi connectivity index (χ2n) is 5.10. The van der Waals surface area contributed by atoms with E-state index in [0.29, 0.717) is 11.4 Å². The first-order chi connectivity index (χ1) is 10.2. The molecule has 1 aliphatic rings. The molecule has 1 aromatic carbocycles. The van der Waals surface area contributed by atoms with Gasteiger partial charge in [0.1, 0.15) is 0 Å². The number of amides is 2. The van der Waals surface area contributed by atoms with Gasteiger partial charge in [-0.2, -0.15) is 5.10 Å². The van der Waals surface area contributed by atoms with E-state index in [0.717, 1.165) is 36.9 Å². The van der Waals surface area contributed by atoms with Crippen LogP contribution in [0, 0.1) is 0 Å². The number of aromatic amines is 1. The zero-order chi connectivity index (χ0) is 14.8. The molecule has 0 radical (unpaired) electrons. The molecule has 0 fully saturated rings. The third-order valence-electron chi connectivity index (χ3n) is 3.71. The Labute approximate surface area is 121 Å². The minimum absolute atomic E-state index is 0.287. The molecule has 0 saturated heterocycles. The summed E-state index contributed by atoms with van der Waals surface area (Å²) >= 11 is 0. The summed E-state index contributed by atoms with van der Waals surface area (Å²) in [7, 11) is 0. The van der Waals surface area contributed by atoms with Gasteiger partial charge in [-0.15, -0.1) is 0 Å². The number of nitrogens with two attached hydrogens (primary N) is 1. The van der Waals surface area contributed by atoms with Gasteiger partial charge >= 0.3 is 0 Å². The van der Waals surface area contributed by atoms with Crippen molar-refractivity contribution in [1.29, 1.82) is 0 Å². The molecule has 2 amide bonds. The fraction of sp³-hybridized carbons (Fsp3) is 0.267. The van der Waals surface area contributed by atoms with Gasteiger partial charge in [0, 0.05) is 11.3 Å². The van der Waals surface area contributed by atoms with E-state index in [-0.39, 0.29) is 11.5 Å². The van der Waals surface area contributed by atoms with Gasteiger partial charge in [-0.3, -0.25) is 14.7 Å². The average Bonchev–Trinajstić information content (AvgIpc) is 2.91. The van der Waals surface area contributed by atoms with Gasteiger partial charge in [0.25, 0.3) is 11.8 Å². The lowest BCUT2D eigenvalue weighted by atomic mass is 9.96. The normalized spacial score (nSPS) is 13.5. The van der Waals surface area contributed by atoms with Crippen molar-refractivity contribution in [2.75, 3.05) is 5.32 Å². The fourth-order valence-electron chi connectivity index (χ4n) is 2.66. The van der Waals surface area contributed by atoms with Crippen molar-refractivity contribution in [3.05, 3.63) is 46.8 Å². The lowest BCUT2D eigenvalue weighted by Gasteiger charge is -2.12. The number of aryl methyl sites for hydroxylation is 1. The van der Waals surface area contributed by atoms with Crippen LogP contribution in [0.3, 0.4) is 0 Å². The Kier molecular flexibility index (Phi) is 3.43. The van der Waals surface area contributed by atoms with Crippen LogP contribution in [0.2, 0.25) is 0 Å². The second kappa shape index (κ2) is 5.40. The first-order valence-electron chi connectivity index (χ1n) is 6.93. The monoisotopic (exact) mass is 284 g/mol. The van der Waals surface area contributed by atoms with E-state index in [1.165, 1.54) is 0 Å². The summed E-state index contributed by atoms with van der Waals surface area (Å²) < 4.78 is 0. The van der Waals surface area contributed by atoms with Crippen molar-refractivity contribution in [2.45, 2.75) is 25.7 Å². The van der Waals surface area contributed by atoms with Gasteiger partial charge in [-0.05, 0) is 37.8 Å². The number of hydrogen-bond acceptors (Lipinski definition) is 3. The summed E-state index contributed by atoms with van der Waals surface area (Å²) in [6.07, 6.45) is 3.95. The molecule has 1 aliphatic carbocycles. The van der Waals surface area contributed by atoms with E-state index in [2.05, 4.69) is 15.5 Å². The van der Waals surface area contributed by atoms with Crippen LogP contribution in [0.5, 0.6) is 0 Å². The zero-order valence-corrected chi connectivity index (χ0v) is 11.5. The van der Waals surface area contributed by atoms with Crippen LogP contribution in [0.4, 0.5) is 5.69 Å². The van der Waals surface area contributed by atoms with E-state index in [1.54, 1.807) is 24.3 Å². The van der Waals surface area contributed by atoms with Crippen molar-refractivity contribution < 1.29 is 9.59 Å². The molecule has 1 aromatic heterocycles. The molecule has 0 atom stereocenters. The molecule has 21 heavy (non-hydrogen) atoms. The fourth-order valence-corrected chi connectivity index (χ4v) is 2.66. The molecule has 0 bridgehead atoms. The molecule has 6 heteroatoms. The number of H-pyrrole nitrogens is 1. The number of nitrogens with one attached hydrogen (secondary N) is 2. The largest absolute Gasteiger partial charge is 0.366 e. The van der Waals surface area contributed by atoms with Crippen LogP contribution in [0.1, 0.15) is 44.9 Å². The van der Waals surface area contributed by atoms with Crippen LogP contribution in [0.15, 0.2) is 24.3 Å². The molecule has 2 aromatic rings. The molecule has 1 heterocycles. The molecule has 0 aliphatic heterocycles. The van der Waals surface area contributed by atoms with Crippen molar-refractivity contribution >= 4 is 17.5 Å². The molecule has 6 nitrogen and oxygen atoms in total. The summed E-state index contributed by atoms with van der Waals surface area (Å²) in [5.41, 5.74) is 8.43. The maximum Gasteiger partial charge on any atom is 0.276 e. The van der Waals surface area contributed by atoms with Crippen LogP contribution in [0.25, 0.3) is 0 Å². The first-order valence-corrected chi connectivity index (χ1v) is 6.93. The van der Waals surface area contributed by atoms with Gasteiger partial charge in [-0.1, -0.05) is 12.1 Å². The molecule has 3 rings (SSSR count). The summed E-state index contributed by atoms with van der Waals surface area (Å²) in [6.45, 7) is 0. The number of para-hydroxylation sites is 1. The van der Waals surface area contributed by atoms with Crippen LogP contribution >= 0.6 is 0 Å². The summed E-state index contributed by atoms with van der Waals surface area (Å²) in [5.74, 6) is -0.891. The smallest absolute Gasteiger partial charge is 0.276 e. The van der Waals surface area contributed by atoms with Crippen LogP contribution < -0.4 is 11.1 Å². The maximum absolute atomic E-state index is 12.4. The quantitative estimate of drug-likeness (QED) is 0.798. The average molecular weight is 284 g/mol. The van der Waals surface area contributed by atoms with Gasteiger partial charge < -0.3 is 11.1 Å². The Bertz CT molecular complexity index is 705. The molecule has 0 unspecified atom stereocenters. The van der Waals surface area contributed by atoms with Crippen LogP contribution in [-0.2, 0) is 12.8 Å². The summed E-state index contributed by atoms with van der Waals surface area (Å²) in [4.78, 5) is 23.7. The number of rotatable bonds is 3. The molecular weight excluding hydrogens is 268 g/mol. The number of primary amides is 1. The number of aromatic nitrogens is 2. The third-order valence-corrected chi connectivity index (χ3v) is 3.71. The lowest BCUT2D eigenvalue weighted by Crippen LogP contribution is -2.19. The number of carbonyl (C=O) groups is 2. The lowest BCUT2D eigenvalue weighted by molar-refractivity contribution is 0.100. The van der Waals surface area contributed by atoms with E-state index in [1.807, 2.05) is 0 Å². The minimum Gasteiger partial charge on any atom is -0.366 e. The van der Waals surface area contributed by atoms with Crippen molar-refractivity contribution in [3.63, 3.8) is 0 Å². The van der Waals surface area contributed by atoms with Crippen molar-refractivity contribution in [3.8, 4) is 0 Å². The topological polar surface area (TPSA) is 101 Å². The molecule has 0 saturated carbocycles. The van der Waals surface area contributed by atoms with Crippen molar-refractivity contribution in [1.82, 2.24) is 10.2 Å². The number of carbonyl (C=O) groups excluding carboxylic acids is 2. The highest BCUT2D eigenvalue weighted by Gasteiger charge is 2.22. The number of anilines is 1. The molecule has 0 spiro atoms. The van der Waals surface area contributed by atoms with E-state index >= 15 is 0 Å². The van der Waals surface area contributed by atoms with Crippen LogP contribution in [-0.4, -0.2) is 22.0 Å². The Hall–Kier alpha value is -2.63. The summed E-state index contributed by atoms with van der Waals surface area (Å²) in [5, 5.41) is 9.77. The standard InChI is InChI=1S/C15H16N4O2/c16-14(20)10-6-2-3-7-11(10)17-15(21)13-9-5-1-4-8-12(9)18-19-13/h2-3,6-7H,1,4-5,8H2,(H2,16,20)(H,17,21)(H,18,19). The first kappa shape index (κ1) is 13.4. The third kappa shape index (κ3) is 2.52. The van der Waals surface area contributed by atoms with Gasteiger partial charge in [0.05, 0.1) is 11.3 Å². The highest BCUT2D eigenvalue weighted by Crippen LogP contribution is 2.23. The zero-order valence-electron chi connectivity index (χ0n) is 11.5. The highest BCUT2D eigenvalue weighted by molar-refractivity contribution is 6.08. The number of fused-ring (bicyclic) bond motifs is 1. The second-order valence-corrected chi connectivity index (χ2v) is 5.10. The molecule has 108 valence electrons. The predicted molar refractivity (Wildman–Crippen MR) is 78.1 cm³/mol. The predicted octanol–water partition coefficient (Wildman–Crippen LogP) is 1.64. The molecule has 4 N–H and O–H groups in total. The molecular formula is C15H16N4O2. The Morgan fingerprint density at radius 3 is 2.76 bits per heavy atom. The highest BCUT2D eigenvalue weighted by atomic mass is 16.2. The van der Waals surface area contributed by atoms with Gasteiger partial charge in [-0.25, -0.2) is 0 Å². The Morgan fingerprint density at radius 2 is 1.95 bits per heavy atom. The van der Waals surface area contributed by atoms with Crippen molar-refractivity contribution in [2.24, 2.45) is 5.73 Å². The number of nitrogens with zero attached hydrogens (tertiary/aromatic N) is 1. The number of benzene rings is 1. The summed E-state index contributed by atoms with van der Waals surface area (Å²) in [6, 6.07) is 6.67. The number of hydrogen-bond donors (Lipinski definition) is 3. The Morgan fingerprint density at radius 1 is 1.19 bits per heavy atom. The van der Waals surface area contributed by atoms with E-state index < -0.39 is 5.91 Å². The van der Waals surface area contributed by atoms with Gasteiger partial charge in [0.2, 0.25) is 0 Å².